The molecule has 1 unspecified atom stereocenters. The molecule has 1 fully saturated rings. The minimum atomic E-state index is -3.54. The largest absolute Gasteiger partial charge is 0.391 e. The molecule has 0 bridgehead atoms. The number of rotatable bonds is 7. The van der Waals surface area contributed by atoms with Gasteiger partial charge < -0.3 is 5.11 Å². The van der Waals surface area contributed by atoms with Crippen LogP contribution in [0.3, 0.4) is 0 Å². The Balaban J connectivity index is 2.01. The second-order valence-corrected chi connectivity index (χ2v) is 9.30. The zero-order valence-corrected chi connectivity index (χ0v) is 14.7. The zero-order chi connectivity index (χ0) is 14.9. The van der Waals surface area contributed by atoms with Crippen molar-refractivity contribution < 1.29 is 13.5 Å². The van der Waals surface area contributed by atoms with E-state index in [-0.39, 0.29) is 17.5 Å². The van der Waals surface area contributed by atoms with E-state index in [4.69, 9.17) is 5.11 Å². The van der Waals surface area contributed by atoms with E-state index in [1.165, 1.54) is 30.2 Å². The third kappa shape index (κ3) is 3.80. The maximum Gasteiger partial charge on any atom is 0.242 e. The molecule has 0 amide bonds. The monoisotopic (exact) mass is 382 g/mol. The van der Waals surface area contributed by atoms with Crippen molar-refractivity contribution in [2.45, 2.75) is 43.4 Å². The van der Waals surface area contributed by atoms with Crippen LogP contribution in [0.1, 0.15) is 24.6 Å². The van der Waals surface area contributed by atoms with Crippen molar-refractivity contribution in [2.75, 3.05) is 13.6 Å². The van der Waals surface area contributed by atoms with E-state index in [0.29, 0.717) is 21.3 Å². The SMILES string of the molecule is CC(CNS(=O)(=O)c1cc(CO)sc1Br)N(C)C1CC1. The van der Waals surface area contributed by atoms with Gasteiger partial charge in [0.2, 0.25) is 10.0 Å². The topological polar surface area (TPSA) is 69.6 Å². The van der Waals surface area contributed by atoms with Crippen LogP contribution in [0.5, 0.6) is 0 Å². The van der Waals surface area contributed by atoms with Crippen molar-refractivity contribution in [3.8, 4) is 0 Å². The Bertz CT molecular complexity index is 569. The molecule has 1 heterocycles. The molecule has 2 rings (SSSR count). The third-order valence-corrected chi connectivity index (χ3v) is 7.20. The molecule has 0 aromatic carbocycles. The van der Waals surface area contributed by atoms with E-state index in [0.717, 1.165) is 0 Å². The molecule has 1 atom stereocenters. The van der Waals surface area contributed by atoms with Gasteiger partial charge in [-0.1, -0.05) is 0 Å². The van der Waals surface area contributed by atoms with Gasteiger partial charge in [0.05, 0.1) is 10.4 Å². The van der Waals surface area contributed by atoms with E-state index in [9.17, 15) is 8.42 Å². The lowest BCUT2D eigenvalue weighted by atomic mass is 10.3. The summed E-state index contributed by atoms with van der Waals surface area (Å²) in [6.45, 7) is 2.24. The second kappa shape index (κ2) is 6.41. The van der Waals surface area contributed by atoms with Crippen molar-refractivity contribution >= 4 is 37.3 Å². The van der Waals surface area contributed by atoms with Crippen LogP contribution < -0.4 is 4.72 Å². The van der Waals surface area contributed by atoms with Crippen molar-refractivity contribution in [1.29, 1.82) is 0 Å². The van der Waals surface area contributed by atoms with Gasteiger partial charge in [-0.25, -0.2) is 13.1 Å². The first kappa shape index (κ1) is 16.4. The van der Waals surface area contributed by atoms with Crippen LogP contribution in [0.4, 0.5) is 0 Å². The molecule has 1 aromatic heterocycles. The van der Waals surface area contributed by atoms with Crippen LogP contribution in [-0.4, -0.2) is 44.1 Å². The van der Waals surface area contributed by atoms with Crippen molar-refractivity contribution in [1.82, 2.24) is 9.62 Å². The number of nitrogens with zero attached hydrogens (tertiary/aromatic N) is 1. The molecule has 8 heteroatoms. The predicted octanol–water partition coefficient (Wildman–Crippen LogP) is 1.76. The highest BCUT2D eigenvalue weighted by Gasteiger charge is 2.30. The molecule has 0 radical (unpaired) electrons. The van der Waals surface area contributed by atoms with Gasteiger partial charge in [-0.3, -0.25) is 4.90 Å². The summed E-state index contributed by atoms with van der Waals surface area (Å²) in [5, 5.41) is 9.07. The van der Waals surface area contributed by atoms with E-state index in [1.54, 1.807) is 0 Å². The summed E-state index contributed by atoms with van der Waals surface area (Å²) < 4.78 is 27.7. The number of halogens is 1. The van der Waals surface area contributed by atoms with Crippen LogP contribution in [0.2, 0.25) is 0 Å². The average molecular weight is 383 g/mol. The highest BCUT2D eigenvalue weighted by atomic mass is 79.9. The predicted molar refractivity (Wildman–Crippen MR) is 83.4 cm³/mol. The third-order valence-electron chi connectivity index (χ3n) is 3.54. The minimum absolute atomic E-state index is 0.153. The summed E-state index contributed by atoms with van der Waals surface area (Å²) in [6, 6.07) is 2.27. The molecule has 1 aliphatic carbocycles. The summed E-state index contributed by atoms with van der Waals surface area (Å²) in [7, 11) is -1.51. The molecule has 0 aliphatic heterocycles. The Morgan fingerprint density at radius 3 is 2.75 bits per heavy atom. The normalized spacial score (nSPS) is 17.6. The number of likely N-dealkylation sites (N-methyl/N-ethyl adjacent to an activating group) is 1. The van der Waals surface area contributed by atoms with Gasteiger partial charge >= 0.3 is 0 Å². The van der Waals surface area contributed by atoms with Crippen molar-refractivity contribution in [3.63, 3.8) is 0 Å². The molecule has 0 saturated heterocycles. The lowest BCUT2D eigenvalue weighted by molar-refractivity contribution is 0.248. The quantitative estimate of drug-likeness (QED) is 0.753. The number of sulfonamides is 1. The van der Waals surface area contributed by atoms with Crippen LogP contribution in [0.25, 0.3) is 0 Å². The molecule has 2 N–H and O–H groups in total. The maximum absolute atomic E-state index is 12.3. The van der Waals surface area contributed by atoms with Crippen LogP contribution in [0, 0.1) is 0 Å². The van der Waals surface area contributed by atoms with Crippen molar-refractivity contribution in [3.05, 3.63) is 14.7 Å². The average Bonchev–Trinajstić information content (AvgIpc) is 3.17. The number of nitrogens with one attached hydrogen (secondary N) is 1. The highest BCUT2D eigenvalue weighted by molar-refractivity contribution is 9.11. The van der Waals surface area contributed by atoms with E-state index < -0.39 is 10.0 Å². The van der Waals surface area contributed by atoms with Gasteiger partial charge in [-0.05, 0) is 48.8 Å². The molecule has 1 saturated carbocycles. The van der Waals surface area contributed by atoms with Crippen LogP contribution in [-0.2, 0) is 16.6 Å². The first-order valence-electron chi connectivity index (χ1n) is 6.46. The fourth-order valence-corrected chi connectivity index (χ4v) is 5.61. The Morgan fingerprint density at radius 1 is 1.60 bits per heavy atom. The first-order chi connectivity index (χ1) is 9.35. The number of thiophene rings is 1. The molecular weight excluding hydrogens is 364 g/mol. The second-order valence-electron chi connectivity index (χ2n) is 5.11. The summed E-state index contributed by atoms with van der Waals surface area (Å²) in [6.07, 6.45) is 2.40. The first-order valence-corrected chi connectivity index (χ1v) is 9.55. The lowest BCUT2D eigenvalue weighted by Crippen LogP contribution is -2.41. The zero-order valence-electron chi connectivity index (χ0n) is 11.5. The fraction of sp³-hybridized carbons (Fsp3) is 0.667. The van der Waals surface area contributed by atoms with Gasteiger partial charge in [0, 0.05) is 23.5 Å². The van der Waals surface area contributed by atoms with Crippen LogP contribution >= 0.6 is 27.3 Å². The maximum atomic E-state index is 12.3. The molecular formula is C12H19BrN2O3S2. The number of hydrogen-bond donors (Lipinski definition) is 2. The highest BCUT2D eigenvalue weighted by Crippen LogP contribution is 2.31. The summed E-state index contributed by atoms with van der Waals surface area (Å²) in [5.74, 6) is 0. The summed E-state index contributed by atoms with van der Waals surface area (Å²) in [5.41, 5.74) is 0. The molecule has 5 nitrogen and oxygen atoms in total. The van der Waals surface area contributed by atoms with E-state index in [2.05, 4.69) is 25.6 Å². The number of aliphatic hydroxyl groups is 1. The summed E-state index contributed by atoms with van der Waals surface area (Å²) >= 11 is 4.47. The summed E-state index contributed by atoms with van der Waals surface area (Å²) in [4.78, 5) is 3.04. The van der Waals surface area contributed by atoms with Gasteiger partial charge in [-0.15, -0.1) is 11.3 Å². The Morgan fingerprint density at radius 2 is 2.25 bits per heavy atom. The Kier molecular flexibility index (Phi) is 5.25. The molecule has 1 aromatic rings. The number of aliphatic hydroxyl groups excluding tert-OH is 1. The standard InChI is InChI=1S/C12H19BrN2O3S2/c1-8(15(2)9-3-4-9)6-14-20(17,18)11-5-10(7-16)19-12(11)13/h5,8-9,14,16H,3-4,6-7H2,1-2H3. The number of hydrogen-bond acceptors (Lipinski definition) is 5. The van der Waals surface area contributed by atoms with Gasteiger partial charge in [0.25, 0.3) is 0 Å². The van der Waals surface area contributed by atoms with Gasteiger partial charge in [-0.2, -0.15) is 0 Å². The molecule has 114 valence electrons. The van der Waals surface area contributed by atoms with Crippen LogP contribution in [0.15, 0.2) is 14.7 Å². The Labute approximate surface area is 132 Å². The Hall–Kier alpha value is 0.01000. The van der Waals surface area contributed by atoms with Crippen molar-refractivity contribution in [2.24, 2.45) is 0 Å². The van der Waals surface area contributed by atoms with E-state index >= 15 is 0 Å². The smallest absolute Gasteiger partial charge is 0.242 e. The fourth-order valence-electron chi connectivity index (χ4n) is 1.95. The molecule has 20 heavy (non-hydrogen) atoms. The molecule has 1 aliphatic rings. The van der Waals surface area contributed by atoms with Gasteiger partial charge in [0.1, 0.15) is 4.90 Å². The lowest BCUT2D eigenvalue weighted by Gasteiger charge is -2.24. The minimum Gasteiger partial charge on any atom is -0.391 e. The molecule has 0 spiro atoms. The van der Waals surface area contributed by atoms with E-state index in [1.807, 2.05) is 14.0 Å². The van der Waals surface area contributed by atoms with Gasteiger partial charge in [0.15, 0.2) is 0 Å².